The summed E-state index contributed by atoms with van der Waals surface area (Å²) in [5.41, 5.74) is 2.62. The molecule has 0 radical (unpaired) electrons. The van der Waals surface area contributed by atoms with Crippen LogP contribution in [0.15, 0.2) is 83.5 Å². The van der Waals surface area contributed by atoms with E-state index in [1.807, 2.05) is 34.1 Å². The number of anilines is 4. The molecular weight excluding hydrogens is 575 g/mol. The molecule has 1 saturated heterocycles. The van der Waals surface area contributed by atoms with E-state index < -0.39 is 0 Å². The van der Waals surface area contributed by atoms with Crippen LogP contribution in [0.2, 0.25) is 0 Å². The van der Waals surface area contributed by atoms with Gasteiger partial charge < -0.3 is 19.9 Å². The molecule has 198 valence electrons. The summed E-state index contributed by atoms with van der Waals surface area (Å²) in [4.78, 5) is 22.3. The molecule has 6 rings (SSSR count). The molecule has 3 heterocycles. The van der Waals surface area contributed by atoms with Gasteiger partial charge in [-0.25, -0.2) is 4.39 Å². The van der Waals surface area contributed by atoms with Crippen molar-refractivity contribution in [2.24, 2.45) is 0 Å². The van der Waals surface area contributed by atoms with Crippen molar-refractivity contribution in [1.82, 2.24) is 19.9 Å². The summed E-state index contributed by atoms with van der Waals surface area (Å²) in [6.07, 6.45) is 1.67. The van der Waals surface area contributed by atoms with Crippen molar-refractivity contribution in [3.8, 4) is 17.8 Å². The van der Waals surface area contributed by atoms with E-state index in [0.29, 0.717) is 60.8 Å². The molecule has 0 aliphatic carbocycles. The lowest BCUT2D eigenvalue weighted by Crippen LogP contribution is -2.47. The predicted octanol–water partition coefficient (Wildman–Crippen LogP) is 6.06. The fourth-order valence-electron chi connectivity index (χ4n) is 4.48. The number of halogens is 2. The molecular formula is C29H22BrFN8O. The number of aromatic nitrogens is 4. The zero-order valence-electron chi connectivity index (χ0n) is 21.1. The van der Waals surface area contributed by atoms with Gasteiger partial charge in [-0.05, 0) is 60.7 Å². The number of ether oxygens (including phenoxy) is 1. The molecule has 5 aromatic rings. The fourth-order valence-corrected chi connectivity index (χ4v) is 4.84. The Labute approximate surface area is 238 Å². The average Bonchev–Trinajstić information content (AvgIpc) is 2.98. The van der Waals surface area contributed by atoms with E-state index in [1.165, 1.54) is 6.07 Å². The summed E-state index contributed by atoms with van der Waals surface area (Å²) in [6.45, 7) is 2.37. The van der Waals surface area contributed by atoms with E-state index in [1.54, 1.807) is 48.7 Å². The highest BCUT2D eigenvalue weighted by molar-refractivity contribution is 9.10. The normalized spacial score (nSPS) is 13.2. The van der Waals surface area contributed by atoms with Crippen LogP contribution in [-0.4, -0.2) is 46.1 Å². The zero-order chi connectivity index (χ0) is 27.5. The minimum absolute atomic E-state index is 0.116. The van der Waals surface area contributed by atoms with Gasteiger partial charge in [0.25, 0.3) is 0 Å². The minimum atomic E-state index is -0.239. The van der Waals surface area contributed by atoms with Crippen molar-refractivity contribution < 1.29 is 9.13 Å². The summed E-state index contributed by atoms with van der Waals surface area (Å²) in [7, 11) is 0. The molecule has 0 amide bonds. The fraction of sp³-hybridized carbons (Fsp3) is 0.138. The van der Waals surface area contributed by atoms with Crippen LogP contribution in [0.5, 0.6) is 11.8 Å². The number of nitrogens with zero attached hydrogens (tertiary/aromatic N) is 7. The SMILES string of the molecule is N#Cc1ccc(Nc2nc(Oc3ccnc4ccc(Br)cc34)nc(N3CCN(c4ccccc4F)CC3)n2)cc1. The molecule has 0 saturated carbocycles. The number of hydrogen-bond acceptors (Lipinski definition) is 9. The lowest BCUT2D eigenvalue weighted by atomic mass is 10.2. The lowest BCUT2D eigenvalue weighted by Gasteiger charge is -2.36. The van der Waals surface area contributed by atoms with Gasteiger partial charge >= 0.3 is 6.01 Å². The summed E-state index contributed by atoms with van der Waals surface area (Å²) in [6, 6.07) is 23.5. The van der Waals surface area contributed by atoms with Gasteiger partial charge in [0.05, 0.1) is 22.8 Å². The summed E-state index contributed by atoms with van der Waals surface area (Å²) >= 11 is 3.51. The van der Waals surface area contributed by atoms with Gasteiger partial charge in [0.1, 0.15) is 11.6 Å². The molecule has 11 heteroatoms. The van der Waals surface area contributed by atoms with Crippen LogP contribution in [0.4, 0.5) is 27.7 Å². The third kappa shape index (κ3) is 5.48. The first-order chi connectivity index (χ1) is 19.6. The standard InChI is InChI=1S/C29H22BrFN8O/c30-20-7-10-24-22(17-20)26(11-12-33-24)40-29-36-27(34-21-8-5-19(18-32)6-9-21)35-28(37-29)39-15-13-38(14-16-39)25-4-2-1-3-23(25)31/h1-12,17H,13-16H2,(H,34,35,36,37). The Morgan fingerprint density at radius 2 is 1.68 bits per heavy atom. The first-order valence-electron chi connectivity index (χ1n) is 12.6. The third-order valence-electron chi connectivity index (χ3n) is 6.49. The van der Waals surface area contributed by atoms with E-state index >= 15 is 0 Å². The van der Waals surface area contributed by atoms with Crippen molar-refractivity contribution in [3.63, 3.8) is 0 Å². The monoisotopic (exact) mass is 596 g/mol. The Balaban J connectivity index is 1.31. The second-order valence-electron chi connectivity index (χ2n) is 9.05. The predicted molar refractivity (Wildman–Crippen MR) is 155 cm³/mol. The summed E-state index contributed by atoms with van der Waals surface area (Å²) in [5.74, 6) is 1.05. The zero-order valence-corrected chi connectivity index (χ0v) is 22.7. The van der Waals surface area contributed by atoms with Crippen LogP contribution >= 0.6 is 15.9 Å². The number of nitrogens with one attached hydrogen (secondary N) is 1. The Hall–Kier alpha value is -4.82. The van der Waals surface area contributed by atoms with Gasteiger partial charge in [0.2, 0.25) is 11.9 Å². The summed E-state index contributed by atoms with van der Waals surface area (Å²) in [5, 5.41) is 13.1. The van der Waals surface area contributed by atoms with E-state index in [-0.39, 0.29) is 11.8 Å². The first kappa shape index (κ1) is 25.5. The maximum atomic E-state index is 14.4. The molecule has 0 spiro atoms. The van der Waals surface area contributed by atoms with Crippen molar-refractivity contribution in [2.45, 2.75) is 0 Å². The largest absolute Gasteiger partial charge is 0.423 e. The Bertz CT molecular complexity index is 1720. The van der Waals surface area contributed by atoms with Crippen molar-refractivity contribution >= 4 is 50.1 Å². The molecule has 2 aromatic heterocycles. The van der Waals surface area contributed by atoms with E-state index in [0.717, 1.165) is 15.4 Å². The molecule has 1 fully saturated rings. The smallest absolute Gasteiger partial charge is 0.328 e. The molecule has 0 atom stereocenters. The highest BCUT2D eigenvalue weighted by Gasteiger charge is 2.23. The molecule has 0 bridgehead atoms. The number of piperazine rings is 1. The average molecular weight is 597 g/mol. The maximum absolute atomic E-state index is 14.4. The van der Waals surface area contributed by atoms with Gasteiger partial charge in [0.15, 0.2) is 0 Å². The number of benzene rings is 3. The second kappa shape index (κ2) is 11.1. The maximum Gasteiger partial charge on any atom is 0.328 e. The van der Waals surface area contributed by atoms with Crippen LogP contribution in [-0.2, 0) is 0 Å². The minimum Gasteiger partial charge on any atom is -0.423 e. The Morgan fingerprint density at radius 3 is 2.45 bits per heavy atom. The topological polar surface area (TPSA) is 103 Å². The van der Waals surface area contributed by atoms with Gasteiger partial charge in [0, 0.05) is 47.9 Å². The Morgan fingerprint density at radius 1 is 0.900 bits per heavy atom. The van der Waals surface area contributed by atoms with Gasteiger partial charge in [-0.1, -0.05) is 28.1 Å². The molecule has 1 N–H and O–H groups in total. The van der Waals surface area contributed by atoms with Gasteiger partial charge in [-0.3, -0.25) is 4.98 Å². The van der Waals surface area contributed by atoms with Crippen LogP contribution in [0.25, 0.3) is 10.9 Å². The summed E-state index contributed by atoms with van der Waals surface area (Å²) < 4.78 is 21.5. The highest BCUT2D eigenvalue weighted by atomic mass is 79.9. The number of para-hydroxylation sites is 1. The van der Waals surface area contributed by atoms with Crippen LogP contribution < -0.4 is 19.9 Å². The van der Waals surface area contributed by atoms with Crippen LogP contribution in [0, 0.1) is 17.1 Å². The van der Waals surface area contributed by atoms with Crippen molar-refractivity contribution in [2.75, 3.05) is 41.3 Å². The molecule has 0 unspecified atom stereocenters. The molecule has 1 aliphatic heterocycles. The van der Waals surface area contributed by atoms with Crippen molar-refractivity contribution in [1.29, 1.82) is 5.26 Å². The number of nitriles is 1. The molecule has 3 aromatic carbocycles. The van der Waals surface area contributed by atoms with E-state index in [2.05, 4.69) is 47.3 Å². The van der Waals surface area contributed by atoms with Gasteiger partial charge in [-0.2, -0.15) is 20.2 Å². The van der Waals surface area contributed by atoms with E-state index in [9.17, 15) is 4.39 Å². The van der Waals surface area contributed by atoms with Crippen LogP contribution in [0.3, 0.4) is 0 Å². The second-order valence-corrected chi connectivity index (χ2v) is 9.97. The van der Waals surface area contributed by atoms with Crippen LogP contribution in [0.1, 0.15) is 5.56 Å². The number of rotatable bonds is 6. The van der Waals surface area contributed by atoms with E-state index in [4.69, 9.17) is 10.00 Å². The third-order valence-corrected chi connectivity index (χ3v) is 6.99. The molecule has 1 aliphatic rings. The first-order valence-corrected chi connectivity index (χ1v) is 13.3. The quantitative estimate of drug-likeness (QED) is 0.250. The van der Waals surface area contributed by atoms with Gasteiger partial charge in [-0.15, -0.1) is 0 Å². The highest BCUT2D eigenvalue weighted by Crippen LogP contribution is 2.31. The molecule has 40 heavy (non-hydrogen) atoms. The number of hydrogen-bond donors (Lipinski definition) is 1. The number of fused-ring (bicyclic) bond motifs is 1. The molecule has 9 nitrogen and oxygen atoms in total. The van der Waals surface area contributed by atoms with Crippen molar-refractivity contribution in [3.05, 3.63) is 94.8 Å². The Kier molecular flexibility index (Phi) is 7.08. The number of pyridine rings is 1. The lowest BCUT2D eigenvalue weighted by molar-refractivity contribution is 0.444.